The van der Waals surface area contributed by atoms with E-state index in [4.69, 9.17) is 5.11 Å². The summed E-state index contributed by atoms with van der Waals surface area (Å²) in [6, 6.07) is 7.42. The van der Waals surface area contributed by atoms with Crippen LogP contribution in [0.1, 0.15) is 5.82 Å². The highest BCUT2D eigenvalue weighted by molar-refractivity contribution is 5.72. The summed E-state index contributed by atoms with van der Waals surface area (Å²) in [5.74, 6) is 0.881. The van der Waals surface area contributed by atoms with Gasteiger partial charge in [-0.05, 0) is 45.4 Å². The summed E-state index contributed by atoms with van der Waals surface area (Å²) in [5.41, 5.74) is 1.52. The molecule has 0 atom stereocenters. The molecule has 0 spiro atoms. The first-order valence-electron chi connectivity index (χ1n) is 11.7. The molecule has 0 aliphatic carbocycles. The minimum absolute atomic E-state index is 0.150. The zero-order valence-electron chi connectivity index (χ0n) is 21.1. The number of carboxylic acid groups (broad SMARTS) is 1. The predicted octanol–water partition coefficient (Wildman–Crippen LogP) is 0.323. The van der Waals surface area contributed by atoms with Crippen molar-refractivity contribution in [3.8, 4) is 0 Å². The van der Waals surface area contributed by atoms with Crippen molar-refractivity contribution in [3.63, 3.8) is 0 Å². The average Bonchev–Trinajstić information content (AvgIpc) is 2.87. The van der Waals surface area contributed by atoms with Gasteiger partial charge in [0.1, 0.15) is 18.7 Å². The molecular formula is C22H33N13O2. The van der Waals surface area contributed by atoms with E-state index in [2.05, 4.69) is 61.8 Å². The van der Waals surface area contributed by atoms with Crippen LogP contribution in [-0.2, 0) is 11.2 Å². The molecule has 0 aliphatic rings. The van der Waals surface area contributed by atoms with Crippen LogP contribution in [0.3, 0.4) is 0 Å². The minimum Gasteiger partial charge on any atom is -0.480 e. The molecular weight excluding hydrogens is 478 g/mol. The number of nitrogens with one attached hydrogen (secondary N) is 6. The molecule has 0 fully saturated rings. The molecule has 0 unspecified atom stereocenters. The molecule has 2 aromatic heterocycles. The van der Waals surface area contributed by atoms with Crippen LogP contribution in [0.2, 0.25) is 0 Å². The summed E-state index contributed by atoms with van der Waals surface area (Å²) in [5, 5.41) is 27.3. The van der Waals surface area contributed by atoms with Crippen molar-refractivity contribution in [1.29, 1.82) is 0 Å². The van der Waals surface area contributed by atoms with Crippen molar-refractivity contribution in [2.24, 2.45) is 0 Å². The number of rotatable bonds is 16. The van der Waals surface area contributed by atoms with Gasteiger partial charge in [0.2, 0.25) is 23.8 Å². The third-order valence-electron chi connectivity index (χ3n) is 4.72. The normalized spacial score (nSPS) is 10.8. The second-order valence-electron chi connectivity index (χ2n) is 8.12. The molecule has 1 aromatic carbocycles. The number of carboxylic acids is 1. The zero-order valence-corrected chi connectivity index (χ0v) is 21.1. The second-order valence-corrected chi connectivity index (χ2v) is 8.12. The fourth-order valence-corrected chi connectivity index (χ4v) is 2.96. The number of carbonyl (C=O) groups is 1. The lowest BCUT2D eigenvalue weighted by atomic mass is 10.3. The van der Waals surface area contributed by atoms with E-state index >= 15 is 0 Å². The molecule has 15 nitrogen and oxygen atoms in total. The van der Waals surface area contributed by atoms with Crippen LogP contribution in [0.5, 0.6) is 0 Å². The molecule has 0 saturated carbocycles. The highest BCUT2D eigenvalue weighted by Crippen LogP contribution is 2.20. The SMILES string of the molecule is CNCNCCc1ncnc(Nc2ccc(Nc3nc(NCCN(C)C)nc(NCC(=O)O)n3)cc2)n1. The first kappa shape index (κ1) is 27.4. The van der Waals surface area contributed by atoms with Crippen molar-refractivity contribution in [1.82, 2.24) is 45.4 Å². The monoisotopic (exact) mass is 511 g/mol. The van der Waals surface area contributed by atoms with Gasteiger partial charge in [-0.25, -0.2) is 9.97 Å². The van der Waals surface area contributed by atoms with Crippen LogP contribution in [-0.4, -0.2) is 99.9 Å². The van der Waals surface area contributed by atoms with Crippen LogP contribution < -0.4 is 31.9 Å². The first-order chi connectivity index (χ1) is 17.9. The largest absolute Gasteiger partial charge is 0.480 e. The van der Waals surface area contributed by atoms with Crippen LogP contribution >= 0.6 is 0 Å². The molecule has 198 valence electrons. The lowest BCUT2D eigenvalue weighted by Crippen LogP contribution is -2.28. The molecule has 3 rings (SSSR count). The molecule has 7 N–H and O–H groups in total. The van der Waals surface area contributed by atoms with E-state index in [0.29, 0.717) is 30.7 Å². The van der Waals surface area contributed by atoms with Gasteiger partial charge in [0.25, 0.3) is 0 Å². The number of anilines is 6. The van der Waals surface area contributed by atoms with E-state index in [-0.39, 0.29) is 18.4 Å². The van der Waals surface area contributed by atoms with Gasteiger partial charge in [-0.1, -0.05) is 0 Å². The van der Waals surface area contributed by atoms with Gasteiger partial charge < -0.3 is 41.9 Å². The lowest BCUT2D eigenvalue weighted by molar-refractivity contribution is -0.134. The van der Waals surface area contributed by atoms with Crippen molar-refractivity contribution < 1.29 is 9.90 Å². The molecule has 0 saturated heterocycles. The zero-order chi connectivity index (χ0) is 26.5. The van der Waals surface area contributed by atoms with E-state index in [1.54, 1.807) is 0 Å². The molecule has 2 heterocycles. The molecule has 15 heteroatoms. The van der Waals surface area contributed by atoms with E-state index < -0.39 is 5.97 Å². The number of aromatic nitrogens is 6. The maximum Gasteiger partial charge on any atom is 0.322 e. The molecule has 0 radical (unpaired) electrons. The molecule has 0 amide bonds. The highest BCUT2D eigenvalue weighted by atomic mass is 16.4. The van der Waals surface area contributed by atoms with Gasteiger partial charge in [-0.2, -0.15) is 19.9 Å². The third-order valence-corrected chi connectivity index (χ3v) is 4.72. The van der Waals surface area contributed by atoms with Crippen molar-refractivity contribution >= 4 is 41.1 Å². The summed E-state index contributed by atoms with van der Waals surface area (Å²) < 4.78 is 0. The maximum atomic E-state index is 10.9. The summed E-state index contributed by atoms with van der Waals surface area (Å²) in [6.07, 6.45) is 2.17. The Morgan fingerprint density at radius 2 is 1.51 bits per heavy atom. The Balaban J connectivity index is 1.64. The van der Waals surface area contributed by atoms with E-state index in [1.807, 2.05) is 50.3 Å². The maximum absolute atomic E-state index is 10.9. The quantitative estimate of drug-likeness (QED) is 0.103. The Morgan fingerprint density at radius 3 is 2.16 bits per heavy atom. The fraction of sp³-hybridized carbons (Fsp3) is 0.409. The van der Waals surface area contributed by atoms with Gasteiger partial charge in [0.05, 0.1) is 0 Å². The van der Waals surface area contributed by atoms with E-state index in [1.165, 1.54) is 6.33 Å². The lowest BCUT2D eigenvalue weighted by Gasteiger charge is -2.13. The van der Waals surface area contributed by atoms with Crippen molar-refractivity contribution in [3.05, 3.63) is 36.4 Å². The summed E-state index contributed by atoms with van der Waals surface area (Å²) in [7, 11) is 5.80. The summed E-state index contributed by atoms with van der Waals surface area (Å²) >= 11 is 0. The van der Waals surface area contributed by atoms with Gasteiger partial charge >= 0.3 is 5.97 Å². The Morgan fingerprint density at radius 1 is 0.865 bits per heavy atom. The first-order valence-corrected chi connectivity index (χ1v) is 11.7. The topological polar surface area (TPSA) is 190 Å². The minimum atomic E-state index is -1.02. The second kappa shape index (κ2) is 14.4. The van der Waals surface area contributed by atoms with E-state index in [0.717, 1.165) is 31.1 Å². The average molecular weight is 512 g/mol. The fourth-order valence-electron chi connectivity index (χ4n) is 2.96. The number of hydrogen-bond donors (Lipinski definition) is 7. The third kappa shape index (κ3) is 10.1. The summed E-state index contributed by atoms with van der Waals surface area (Å²) in [4.78, 5) is 38.7. The number of hydrogen-bond acceptors (Lipinski definition) is 14. The predicted molar refractivity (Wildman–Crippen MR) is 141 cm³/mol. The van der Waals surface area contributed by atoms with Crippen LogP contribution in [0.25, 0.3) is 0 Å². The molecule has 0 aliphatic heterocycles. The van der Waals surface area contributed by atoms with Crippen molar-refractivity contribution in [2.75, 3.05) is 75.3 Å². The molecule has 3 aromatic rings. The summed E-state index contributed by atoms with van der Waals surface area (Å²) in [6.45, 7) is 2.54. The number of aliphatic carboxylic acids is 1. The molecule has 0 bridgehead atoms. The van der Waals surface area contributed by atoms with E-state index in [9.17, 15) is 4.79 Å². The van der Waals surface area contributed by atoms with Gasteiger partial charge in [0.15, 0.2) is 0 Å². The van der Waals surface area contributed by atoms with Crippen LogP contribution in [0.15, 0.2) is 30.6 Å². The Hall–Kier alpha value is -4.21. The van der Waals surface area contributed by atoms with Gasteiger partial charge in [-0.15, -0.1) is 0 Å². The van der Waals surface area contributed by atoms with Gasteiger partial charge in [0, 0.05) is 44.1 Å². The highest BCUT2D eigenvalue weighted by Gasteiger charge is 2.09. The van der Waals surface area contributed by atoms with Crippen LogP contribution in [0.4, 0.5) is 35.2 Å². The van der Waals surface area contributed by atoms with Crippen LogP contribution in [0, 0.1) is 0 Å². The number of benzene rings is 1. The van der Waals surface area contributed by atoms with Gasteiger partial charge in [-0.3, -0.25) is 4.79 Å². The standard InChI is InChI=1S/C22H33N13O2/c1-23-13-24-9-8-17-27-14-28-21(31-17)29-15-4-6-16(7-5-15)30-22-33-19(25-10-11-35(2)3)32-20(34-22)26-12-18(36)37/h4-7,14,23-24H,8-13H2,1-3H3,(H,36,37)(H,27,28,29,31)(H3,25,26,30,32,33,34). The Bertz CT molecular complexity index is 1130. The van der Waals surface area contributed by atoms with Crippen molar-refractivity contribution in [2.45, 2.75) is 6.42 Å². The number of nitrogens with zero attached hydrogens (tertiary/aromatic N) is 7. The smallest absolute Gasteiger partial charge is 0.322 e. The Labute approximate surface area is 215 Å². The molecule has 37 heavy (non-hydrogen) atoms. The Kier molecular flexibility index (Phi) is 10.6. The number of likely N-dealkylation sites (N-methyl/N-ethyl adjacent to an activating group) is 1.